The minimum atomic E-state index is 0.635. The molecule has 2 heterocycles. The number of anilines is 1. The average molecular weight is 225 g/mol. The van der Waals surface area contributed by atoms with E-state index in [0.717, 1.165) is 13.0 Å². The second kappa shape index (κ2) is 5.45. The molecule has 84 valence electrons. The van der Waals surface area contributed by atoms with Crippen molar-refractivity contribution in [2.24, 2.45) is 0 Å². The first-order chi connectivity index (χ1) is 7.40. The lowest BCUT2D eigenvalue weighted by atomic mass is 10.2. The fourth-order valence-corrected chi connectivity index (χ4v) is 2.98. The topological polar surface area (TPSA) is 29.9 Å². The normalized spacial score (nSPS) is 21.5. The summed E-state index contributed by atoms with van der Waals surface area (Å²) in [7, 11) is 0. The first-order valence-electron chi connectivity index (χ1n) is 5.76. The molecule has 0 saturated carbocycles. The summed E-state index contributed by atoms with van der Waals surface area (Å²) in [5.74, 6) is 3.74. The summed E-state index contributed by atoms with van der Waals surface area (Å²) in [4.78, 5) is 0. The molecule has 1 atom stereocenters. The van der Waals surface area contributed by atoms with Gasteiger partial charge in [0.15, 0.2) is 0 Å². The zero-order chi connectivity index (χ0) is 10.5. The van der Waals surface area contributed by atoms with E-state index in [0.29, 0.717) is 6.04 Å². The maximum absolute atomic E-state index is 4.32. The lowest BCUT2D eigenvalue weighted by Crippen LogP contribution is -2.27. The van der Waals surface area contributed by atoms with Crippen LogP contribution >= 0.6 is 11.8 Å². The van der Waals surface area contributed by atoms with Crippen LogP contribution in [0, 0.1) is 0 Å². The van der Waals surface area contributed by atoms with Gasteiger partial charge in [0.05, 0.1) is 6.20 Å². The Bertz CT molecular complexity index is 292. The van der Waals surface area contributed by atoms with Gasteiger partial charge in [-0.1, -0.05) is 6.92 Å². The molecular weight excluding hydrogens is 206 g/mol. The van der Waals surface area contributed by atoms with Crippen molar-refractivity contribution >= 4 is 17.6 Å². The molecule has 1 unspecified atom stereocenters. The molecule has 0 aromatic carbocycles. The molecular formula is C11H19N3S. The highest BCUT2D eigenvalue weighted by atomic mass is 32.2. The number of nitrogens with zero attached hydrogens (tertiary/aromatic N) is 2. The Hall–Kier alpha value is -0.640. The van der Waals surface area contributed by atoms with Crippen LogP contribution in [0.2, 0.25) is 0 Å². The molecule has 1 aliphatic heterocycles. The molecule has 1 aromatic heterocycles. The SMILES string of the molecule is CCCn1nccc1NC1CCCSC1. The van der Waals surface area contributed by atoms with Gasteiger partial charge in [0.2, 0.25) is 0 Å². The standard InChI is InChI=1S/C11H19N3S/c1-2-7-14-11(5-6-12-14)13-10-4-3-8-15-9-10/h5-6,10,13H,2-4,7-9H2,1H3. The molecule has 0 bridgehead atoms. The van der Waals surface area contributed by atoms with Gasteiger partial charge in [-0.25, -0.2) is 4.68 Å². The third-order valence-electron chi connectivity index (χ3n) is 2.66. The molecule has 0 amide bonds. The summed E-state index contributed by atoms with van der Waals surface area (Å²) in [6, 6.07) is 2.71. The third-order valence-corrected chi connectivity index (χ3v) is 3.88. The molecule has 3 nitrogen and oxygen atoms in total. The highest BCUT2D eigenvalue weighted by Gasteiger charge is 2.14. The Kier molecular flexibility index (Phi) is 3.94. The van der Waals surface area contributed by atoms with Crippen molar-refractivity contribution in [2.75, 3.05) is 16.8 Å². The molecule has 0 spiro atoms. The lowest BCUT2D eigenvalue weighted by Gasteiger charge is -2.23. The van der Waals surface area contributed by atoms with Crippen molar-refractivity contribution in [3.63, 3.8) is 0 Å². The summed E-state index contributed by atoms with van der Waals surface area (Å²) in [6.07, 6.45) is 5.65. The minimum Gasteiger partial charge on any atom is -0.367 e. The summed E-state index contributed by atoms with van der Waals surface area (Å²) in [5.41, 5.74) is 0. The van der Waals surface area contributed by atoms with E-state index in [2.05, 4.69) is 39.8 Å². The summed E-state index contributed by atoms with van der Waals surface area (Å²) >= 11 is 2.05. The molecule has 1 N–H and O–H groups in total. The van der Waals surface area contributed by atoms with Crippen LogP contribution in [0.15, 0.2) is 12.3 Å². The van der Waals surface area contributed by atoms with Crippen LogP contribution in [-0.2, 0) is 6.54 Å². The van der Waals surface area contributed by atoms with E-state index in [4.69, 9.17) is 0 Å². The number of nitrogens with one attached hydrogen (secondary N) is 1. The summed E-state index contributed by atoms with van der Waals surface area (Å²) in [5, 5.41) is 7.91. The van der Waals surface area contributed by atoms with E-state index in [-0.39, 0.29) is 0 Å². The first kappa shape index (κ1) is 10.9. The molecule has 1 fully saturated rings. The monoisotopic (exact) mass is 225 g/mol. The van der Waals surface area contributed by atoms with Gasteiger partial charge in [0.1, 0.15) is 5.82 Å². The van der Waals surface area contributed by atoms with Crippen LogP contribution in [0.1, 0.15) is 26.2 Å². The van der Waals surface area contributed by atoms with Gasteiger partial charge in [-0.3, -0.25) is 0 Å². The van der Waals surface area contributed by atoms with E-state index in [1.807, 2.05) is 6.20 Å². The Morgan fingerprint density at radius 1 is 1.67 bits per heavy atom. The number of hydrogen-bond donors (Lipinski definition) is 1. The van der Waals surface area contributed by atoms with Crippen LogP contribution in [0.4, 0.5) is 5.82 Å². The van der Waals surface area contributed by atoms with Crippen molar-refractivity contribution in [1.29, 1.82) is 0 Å². The van der Waals surface area contributed by atoms with Crippen LogP contribution in [0.25, 0.3) is 0 Å². The van der Waals surface area contributed by atoms with Gasteiger partial charge in [-0.15, -0.1) is 0 Å². The Balaban J connectivity index is 1.93. The fourth-order valence-electron chi connectivity index (χ4n) is 1.91. The Morgan fingerprint density at radius 2 is 2.60 bits per heavy atom. The molecule has 0 radical (unpaired) electrons. The van der Waals surface area contributed by atoms with Crippen molar-refractivity contribution < 1.29 is 0 Å². The smallest absolute Gasteiger partial charge is 0.124 e. The van der Waals surface area contributed by atoms with E-state index in [9.17, 15) is 0 Å². The van der Waals surface area contributed by atoms with Crippen LogP contribution in [0.5, 0.6) is 0 Å². The maximum atomic E-state index is 4.32. The molecule has 15 heavy (non-hydrogen) atoms. The predicted octanol–water partition coefficient (Wildman–Crippen LogP) is 2.60. The quantitative estimate of drug-likeness (QED) is 0.854. The number of aromatic nitrogens is 2. The Morgan fingerprint density at radius 3 is 3.33 bits per heavy atom. The van der Waals surface area contributed by atoms with Crippen molar-refractivity contribution in [1.82, 2.24) is 9.78 Å². The lowest BCUT2D eigenvalue weighted by molar-refractivity contribution is 0.595. The van der Waals surface area contributed by atoms with Gasteiger partial charge >= 0.3 is 0 Å². The summed E-state index contributed by atoms with van der Waals surface area (Å²) in [6.45, 7) is 3.19. The minimum absolute atomic E-state index is 0.635. The largest absolute Gasteiger partial charge is 0.367 e. The van der Waals surface area contributed by atoms with Crippen LogP contribution in [-0.4, -0.2) is 27.3 Å². The molecule has 1 saturated heterocycles. The van der Waals surface area contributed by atoms with E-state index in [1.54, 1.807) is 0 Å². The van der Waals surface area contributed by atoms with E-state index >= 15 is 0 Å². The second-order valence-corrected chi connectivity index (χ2v) is 5.15. The Labute approximate surface area is 95.6 Å². The first-order valence-corrected chi connectivity index (χ1v) is 6.91. The fraction of sp³-hybridized carbons (Fsp3) is 0.727. The van der Waals surface area contributed by atoms with Crippen molar-refractivity contribution in [3.05, 3.63) is 12.3 Å². The predicted molar refractivity (Wildman–Crippen MR) is 66.5 cm³/mol. The van der Waals surface area contributed by atoms with Gasteiger partial charge in [-0.2, -0.15) is 16.9 Å². The van der Waals surface area contributed by atoms with Crippen molar-refractivity contribution in [2.45, 2.75) is 38.8 Å². The maximum Gasteiger partial charge on any atom is 0.124 e. The highest BCUT2D eigenvalue weighted by molar-refractivity contribution is 7.99. The van der Waals surface area contributed by atoms with Gasteiger partial charge in [0, 0.05) is 24.4 Å². The second-order valence-electron chi connectivity index (χ2n) is 4.00. The van der Waals surface area contributed by atoms with Crippen LogP contribution < -0.4 is 5.32 Å². The number of rotatable bonds is 4. The average Bonchev–Trinajstić information content (AvgIpc) is 2.68. The van der Waals surface area contributed by atoms with E-state index in [1.165, 1.54) is 30.2 Å². The zero-order valence-electron chi connectivity index (χ0n) is 9.28. The zero-order valence-corrected chi connectivity index (χ0v) is 10.1. The molecule has 2 rings (SSSR count). The van der Waals surface area contributed by atoms with Gasteiger partial charge < -0.3 is 5.32 Å². The number of aryl methyl sites for hydroxylation is 1. The number of hydrogen-bond acceptors (Lipinski definition) is 3. The van der Waals surface area contributed by atoms with Gasteiger partial charge in [0.25, 0.3) is 0 Å². The third kappa shape index (κ3) is 2.91. The molecule has 1 aromatic rings. The van der Waals surface area contributed by atoms with Crippen LogP contribution in [0.3, 0.4) is 0 Å². The highest BCUT2D eigenvalue weighted by Crippen LogP contribution is 2.20. The summed E-state index contributed by atoms with van der Waals surface area (Å²) < 4.78 is 2.07. The number of thioether (sulfide) groups is 1. The van der Waals surface area contributed by atoms with E-state index < -0.39 is 0 Å². The molecule has 4 heteroatoms. The molecule has 0 aliphatic carbocycles. The van der Waals surface area contributed by atoms with Gasteiger partial charge in [-0.05, 0) is 25.0 Å². The van der Waals surface area contributed by atoms with Crippen molar-refractivity contribution in [3.8, 4) is 0 Å². The molecule has 1 aliphatic rings.